The second-order valence-corrected chi connectivity index (χ2v) is 7.06. The molecule has 2 N–H and O–H groups in total. The molecule has 0 spiro atoms. The molecule has 0 amide bonds. The first kappa shape index (κ1) is 17.9. The van der Waals surface area contributed by atoms with Gasteiger partial charge in [0.2, 0.25) is 5.13 Å². The number of aromatic nitrogens is 1. The second-order valence-electron chi connectivity index (χ2n) is 4.36. The lowest BCUT2D eigenvalue weighted by molar-refractivity contribution is 0.0531. The van der Waals surface area contributed by atoms with Crippen molar-refractivity contribution in [1.82, 2.24) is 4.98 Å². The molecule has 0 aliphatic heterocycles. The van der Waals surface area contributed by atoms with Crippen molar-refractivity contribution in [3.05, 3.63) is 37.2 Å². The number of thiazole rings is 1. The third kappa shape index (κ3) is 4.52. The number of hydrogen-bond donors (Lipinski definition) is 2. The monoisotopic (exact) mass is 461 g/mol. The maximum atomic E-state index is 11.7. The SMILES string of the molecule is CCOC(=O)c1sc(N/N=C\c2cc(Br)c(O)c(Br)c2)nc1C. The van der Waals surface area contributed by atoms with Crippen LogP contribution >= 0.6 is 43.2 Å². The Bertz CT molecular complexity index is 739. The minimum Gasteiger partial charge on any atom is -0.506 e. The van der Waals surface area contributed by atoms with Gasteiger partial charge in [-0.25, -0.2) is 9.78 Å². The molecule has 23 heavy (non-hydrogen) atoms. The number of ether oxygens (including phenoxy) is 1. The largest absolute Gasteiger partial charge is 0.506 e. The molecule has 1 aromatic heterocycles. The molecule has 1 heterocycles. The van der Waals surface area contributed by atoms with Crippen molar-refractivity contribution in [3.8, 4) is 5.75 Å². The molecule has 122 valence electrons. The Morgan fingerprint density at radius 3 is 2.74 bits per heavy atom. The number of benzene rings is 1. The van der Waals surface area contributed by atoms with Crippen molar-refractivity contribution in [2.24, 2.45) is 5.10 Å². The average Bonchev–Trinajstić information content (AvgIpc) is 2.86. The van der Waals surface area contributed by atoms with Crippen LogP contribution in [0.1, 0.15) is 27.9 Å². The lowest BCUT2D eigenvalue weighted by atomic mass is 10.2. The molecule has 0 saturated heterocycles. The van der Waals surface area contributed by atoms with Gasteiger partial charge in [-0.15, -0.1) is 0 Å². The fourth-order valence-corrected chi connectivity index (χ4v) is 3.68. The number of hydrazone groups is 1. The Balaban J connectivity index is 2.09. The Morgan fingerprint density at radius 1 is 1.48 bits per heavy atom. The summed E-state index contributed by atoms with van der Waals surface area (Å²) in [6.45, 7) is 3.82. The van der Waals surface area contributed by atoms with Crippen molar-refractivity contribution in [3.63, 3.8) is 0 Å². The Labute approximate surface area is 153 Å². The minimum absolute atomic E-state index is 0.129. The zero-order chi connectivity index (χ0) is 17.0. The van der Waals surface area contributed by atoms with Crippen LogP contribution in [-0.2, 0) is 4.74 Å². The number of nitrogens with zero attached hydrogens (tertiary/aromatic N) is 2. The van der Waals surface area contributed by atoms with Gasteiger partial charge < -0.3 is 9.84 Å². The smallest absolute Gasteiger partial charge is 0.350 e. The quantitative estimate of drug-likeness (QED) is 0.393. The van der Waals surface area contributed by atoms with E-state index in [1.54, 1.807) is 32.2 Å². The highest BCUT2D eigenvalue weighted by atomic mass is 79.9. The molecule has 2 rings (SSSR count). The summed E-state index contributed by atoms with van der Waals surface area (Å²) in [5.74, 6) is -0.254. The highest BCUT2D eigenvalue weighted by Crippen LogP contribution is 2.32. The highest BCUT2D eigenvalue weighted by Gasteiger charge is 2.15. The number of phenols is 1. The van der Waals surface area contributed by atoms with Crippen molar-refractivity contribution in [2.75, 3.05) is 12.0 Å². The molecule has 0 fully saturated rings. The van der Waals surface area contributed by atoms with Gasteiger partial charge in [-0.2, -0.15) is 5.10 Å². The first-order valence-electron chi connectivity index (χ1n) is 6.54. The fraction of sp³-hybridized carbons (Fsp3) is 0.214. The first-order valence-corrected chi connectivity index (χ1v) is 8.94. The number of aromatic hydroxyl groups is 1. The maximum absolute atomic E-state index is 11.7. The van der Waals surface area contributed by atoms with Crippen LogP contribution in [0.5, 0.6) is 5.75 Å². The number of carbonyl (C=O) groups is 1. The number of carbonyl (C=O) groups excluding carboxylic acids is 1. The molecule has 0 radical (unpaired) electrons. The number of esters is 1. The van der Waals surface area contributed by atoms with Crippen molar-refractivity contribution in [1.29, 1.82) is 0 Å². The van der Waals surface area contributed by atoms with E-state index in [-0.39, 0.29) is 11.7 Å². The standard InChI is InChI=1S/C14H13Br2N3O3S/c1-3-22-13(21)12-7(2)18-14(23-12)19-17-6-8-4-9(15)11(20)10(16)5-8/h4-6,20H,3H2,1-2H3,(H,18,19)/b17-6-. The van der Waals surface area contributed by atoms with Gasteiger partial charge in [-0.1, -0.05) is 11.3 Å². The first-order chi connectivity index (χ1) is 10.9. The predicted molar refractivity (Wildman–Crippen MR) is 97.5 cm³/mol. The lowest BCUT2D eigenvalue weighted by Gasteiger charge is -2.01. The number of nitrogens with one attached hydrogen (secondary N) is 1. The average molecular weight is 463 g/mol. The van der Waals surface area contributed by atoms with Crippen molar-refractivity contribution < 1.29 is 14.6 Å². The molecule has 6 nitrogen and oxygen atoms in total. The molecular weight excluding hydrogens is 450 g/mol. The van der Waals surface area contributed by atoms with Gasteiger partial charge in [-0.3, -0.25) is 5.43 Å². The molecule has 1 aromatic carbocycles. The summed E-state index contributed by atoms with van der Waals surface area (Å²) in [7, 11) is 0. The zero-order valence-electron chi connectivity index (χ0n) is 12.3. The Hall–Kier alpha value is -1.45. The molecule has 0 unspecified atom stereocenters. The molecule has 0 atom stereocenters. The molecule has 0 aliphatic carbocycles. The van der Waals surface area contributed by atoms with Gasteiger partial charge in [0.1, 0.15) is 10.6 Å². The topological polar surface area (TPSA) is 83.8 Å². The van der Waals surface area contributed by atoms with Gasteiger partial charge >= 0.3 is 5.97 Å². The van der Waals surface area contributed by atoms with Crippen LogP contribution in [0.15, 0.2) is 26.2 Å². The Morgan fingerprint density at radius 2 is 2.13 bits per heavy atom. The molecule has 0 saturated carbocycles. The predicted octanol–water partition coefficient (Wildman–Crippen LogP) is 4.30. The van der Waals surface area contributed by atoms with Gasteiger partial charge in [0.15, 0.2) is 0 Å². The van der Waals surface area contributed by atoms with Crippen molar-refractivity contribution in [2.45, 2.75) is 13.8 Å². The van der Waals surface area contributed by atoms with Gasteiger partial charge in [0, 0.05) is 0 Å². The Kier molecular flexibility index (Phi) is 6.14. The van der Waals surface area contributed by atoms with Crippen LogP contribution in [-0.4, -0.2) is 28.9 Å². The normalized spacial score (nSPS) is 11.0. The summed E-state index contributed by atoms with van der Waals surface area (Å²) in [5, 5.41) is 14.2. The van der Waals surface area contributed by atoms with Crippen LogP contribution in [0.25, 0.3) is 0 Å². The van der Waals surface area contributed by atoms with Crippen LogP contribution < -0.4 is 5.43 Å². The summed E-state index contributed by atoms with van der Waals surface area (Å²) in [5.41, 5.74) is 4.15. The van der Waals surface area contributed by atoms with E-state index in [0.717, 1.165) is 5.56 Å². The van der Waals surface area contributed by atoms with Crippen molar-refractivity contribution >= 4 is 60.5 Å². The zero-order valence-corrected chi connectivity index (χ0v) is 16.2. The number of halogens is 2. The van der Waals surface area contributed by atoms with Gasteiger partial charge in [0.25, 0.3) is 0 Å². The minimum atomic E-state index is -0.383. The molecule has 0 aliphatic rings. The van der Waals surface area contributed by atoms with E-state index in [1.807, 2.05) is 0 Å². The van der Waals surface area contributed by atoms with Crippen LogP contribution in [0, 0.1) is 6.92 Å². The number of anilines is 1. The molecular formula is C14H13Br2N3O3S. The van der Waals surface area contributed by atoms with E-state index in [1.165, 1.54) is 11.3 Å². The third-order valence-electron chi connectivity index (χ3n) is 2.67. The fourth-order valence-electron chi connectivity index (χ4n) is 1.65. The molecule has 0 bridgehead atoms. The van der Waals surface area contributed by atoms with E-state index < -0.39 is 0 Å². The number of aryl methyl sites for hydroxylation is 1. The second kappa shape index (κ2) is 7.89. The van der Waals surface area contributed by atoms with Crippen LogP contribution in [0.3, 0.4) is 0 Å². The van der Waals surface area contributed by atoms with Gasteiger partial charge in [0.05, 0.1) is 27.5 Å². The summed E-state index contributed by atoms with van der Waals surface area (Å²) in [4.78, 5) is 16.4. The highest BCUT2D eigenvalue weighted by molar-refractivity contribution is 9.11. The summed E-state index contributed by atoms with van der Waals surface area (Å²) in [6, 6.07) is 3.45. The molecule has 9 heteroatoms. The van der Waals surface area contributed by atoms with E-state index in [2.05, 4.69) is 47.4 Å². The van der Waals surface area contributed by atoms with Gasteiger partial charge in [-0.05, 0) is 63.4 Å². The number of rotatable bonds is 5. The number of phenolic OH excluding ortho intramolecular Hbond substituents is 1. The summed E-state index contributed by atoms with van der Waals surface area (Å²) < 4.78 is 6.08. The number of hydrogen-bond acceptors (Lipinski definition) is 7. The van der Waals surface area contributed by atoms with E-state index >= 15 is 0 Å². The lowest BCUT2D eigenvalue weighted by Crippen LogP contribution is -2.03. The van der Waals surface area contributed by atoms with Crippen LogP contribution in [0.4, 0.5) is 5.13 Å². The third-order valence-corrected chi connectivity index (χ3v) is 4.92. The molecule has 2 aromatic rings. The van der Waals surface area contributed by atoms with Crippen LogP contribution in [0.2, 0.25) is 0 Å². The maximum Gasteiger partial charge on any atom is 0.350 e. The summed E-state index contributed by atoms with van der Waals surface area (Å²) in [6.07, 6.45) is 1.58. The van der Waals surface area contributed by atoms with E-state index in [0.29, 0.717) is 31.3 Å². The summed E-state index contributed by atoms with van der Waals surface area (Å²) >= 11 is 7.69. The van der Waals surface area contributed by atoms with E-state index in [4.69, 9.17) is 4.74 Å². The van der Waals surface area contributed by atoms with E-state index in [9.17, 15) is 9.90 Å².